The monoisotopic (exact) mass is 391 g/mol. The lowest BCUT2D eigenvalue weighted by atomic mass is 10.1. The summed E-state index contributed by atoms with van der Waals surface area (Å²) in [5.74, 6) is 0.143. The lowest BCUT2D eigenvalue weighted by Gasteiger charge is -2.14. The molecule has 0 radical (unpaired) electrons. The minimum Gasteiger partial charge on any atom is -0.470 e. The maximum Gasteiger partial charge on any atom is 0.411 e. The van der Waals surface area contributed by atoms with Crippen LogP contribution in [0, 0.1) is 0 Å². The van der Waals surface area contributed by atoms with Crippen molar-refractivity contribution in [1.29, 1.82) is 0 Å². The molecule has 0 fully saturated rings. The zero-order valence-corrected chi connectivity index (χ0v) is 16.1. The third-order valence-corrected chi connectivity index (χ3v) is 4.14. The second-order valence-corrected chi connectivity index (χ2v) is 6.20. The van der Waals surface area contributed by atoms with Crippen LogP contribution in [0.3, 0.4) is 0 Å². The molecule has 0 aliphatic carbocycles. The molecule has 1 aromatic heterocycles. The van der Waals surface area contributed by atoms with Crippen molar-refractivity contribution in [1.82, 2.24) is 4.98 Å². The number of benzene rings is 2. The Morgan fingerprint density at radius 2 is 1.55 bits per heavy atom. The first-order valence-corrected chi connectivity index (χ1v) is 8.99. The van der Waals surface area contributed by atoms with E-state index >= 15 is 0 Å². The molecular weight excluding hydrogens is 370 g/mol. The molecule has 3 aromatic rings. The van der Waals surface area contributed by atoms with E-state index in [1.807, 2.05) is 37.3 Å². The highest BCUT2D eigenvalue weighted by atomic mass is 16.5. The van der Waals surface area contributed by atoms with Gasteiger partial charge in [0.25, 0.3) is 5.91 Å². The molecule has 1 heterocycles. The molecule has 29 heavy (non-hydrogen) atoms. The van der Waals surface area contributed by atoms with Gasteiger partial charge in [-0.15, -0.1) is 0 Å². The van der Waals surface area contributed by atoms with Crippen molar-refractivity contribution in [3.05, 3.63) is 84.1 Å². The van der Waals surface area contributed by atoms with Crippen LogP contribution in [-0.2, 0) is 4.74 Å². The first-order valence-electron chi connectivity index (χ1n) is 8.99. The second kappa shape index (κ2) is 9.36. The molecule has 0 saturated carbocycles. The fraction of sp³-hybridized carbons (Fsp3) is 0.136. The van der Waals surface area contributed by atoms with Gasteiger partial charge in [-0.3, -0.25) is 10.1 Å². The van der Waals surface area contributed by atoms with Gasteiger partial charge in [0.05, 0.1) is 12.7 Å². The summed E-state index contributed by atoms with van der Waals surface area (Å²) < 4.78 is 10.3. The van der Waals surface area contributed by atoms with Gasteiger partial charge in [-0.1, -0.05) is 30.3 Å². The third-order valence-electron chi connectivity index (χ3n) is 4.14. The molecule has 3 rings (SSSR count). The Bertz CT molecular complexity index is 958. The third kappa shape index (κ3) is 5.55. The number of hydrogen-bond acceptors (Lipinski definition) is 5. The van der Waals surface area contributed by atoms with E-state index in [2.05, 4.69) is 20.4 Å². The number of carbonyl (C=O) groups excluding carboxylic acids is 2. The van der Waals surface area contributed by atoms with Crippen molar-refractivity contribution in [3.8, 4) is 5.88 Å². The number of amides is 2. The van der Waals surface area contributed by atoms with Gasteiger partial charge in [-0.2, -0.15) is 0 Å². The average molecular weight is 391 g/mol. The number of pyridine rings is 1. The molecule has 0 spiro atoms. The van der Waals surface area contributed by atoms with Crippen LogP contribution < -0.4 is 15.4 Å². The van der Waals surface area contributed by atoms with E-state index in [1.165, 1.54) is 13.3 Å². The van der Waals surface area contributed by atoms with E-state index in [0.717, 1.165) is 5.56 Å². The molecular formula is C22H21N3O4. The molecule has 2 aromatic carbocycles. The molecule has 7 nitrogen and oxygen atoms in total. The second-order valence-electron chi connectivity index (χ2n) is 6.20. The predicted octanol–water partition coefficient (Wildman–Crippen LogP) is 4.65. The number of nitrogens with one attached hydrogen (secondary N) is 2. The molecule has 7 heteroatoms. The molecule has 2 N–H and O–H groups in total. The Hall–Kier alpha value is -3.87. The number of aromatic nitrogens is 1. The summed E-state index contributed by atoms with van der Waals surface area (Å²) in [7, 11) is 1.29. The van der Waals surface area contributed by atoms with E-state index in [-0.39, 0.29) is 12.0 Å². The van der Waals surface area contributed by atoms with Crippen molar-refractivity contribution in [2.45, 2.75) is 13.0 Å². The maximum absolute atomic E-state index is 12.4. The zero-order valence-electron chi connectivity index (χ0n) is 16.1. The number of hydrogen-bond donors (Lipinski definition) is 2. The van der Waals surface area contributed by atoms with Crippen LogP contribution >= 0.6 is 0 Å². The summed E-state index contributed by atoms with van der Waals surface area (Å²) in [6.07, 6.45) is 0.757. The molecule has 0 aliphatic heterocycles. The summed E-state index contributed by atoms with van der Waals surface area (Å²) in [6.45, 7) is 1.94. The SMILES string of the molecule is COC(=O)Nc1ccc(NC(=O)c2ccc(OC(C)c3ccccc3)nc2)cc1. The Balaban J connectivity index is 1.58. The van der Waals surface area contributed by atoms with Crippen LogP contribution in [0.4, 0.5) is 16.2 Å². The lowest BCUT2D eigenvalue weighted by molar-refractivity contribution is 0.102. The molecule has 0 bridgehead atoms. The topological polar surface area (TPSA) is 89.6 Å². The lowest BCUT2D eigenvalue weighted by Crippen LogP contribution is -2.13. The number of methoxy groups -OCH3 is 1. The van der Waals surface area contributed by atoms with Gasteiger partial charge in [0, 0.05) is 23.6 Å². The fourth-order valence-electron chi connectivity index (χ4n) is 2.57. The summed E-state index contributed by atoms with van der Waals surface area (Å²) >= 11 is 0. The summed E-state index contributed by atoms with van der Waals surface area (Å²) in [6, 6.07) is 19.8. The highest BCUT2D eigenvalue weighted by Gasteiger charge is 2.10. The number of nitrogens with zero attached hydrogens (tertiary/aromatic N) is 1. The highest BCUT2D eigenvalue weighted by molar-refractivity contribution is 6.04. The van der Waals surface area contributed by atoms with Crippen LogP contribution in [0.1, 0.15) is 28.9 Å². The standard InChI is InChI=1S/C22H21N3O4/c1-15(16-6-4-3-5-7-16)29-20-13-8-17(14-23-20)21(26)24-18-9-11-19(12-10-18)25-22(27)28-2/h3-15H,1-2H3,(H,24,26)(H,25,27). The van der Waals surface area contributed by atoms with Gasteiger partial charge in [0.1, 0.15) is 6.10 Å². The largest absolute Gasteiger partial charge is 0.470 e. The van der Waals surface area contributed by atoms with Crippen molar-refractivity contribution >= 4 is 23.4 Å². The van der Waals surface area contributed by atoms with E-state index in [9.17, 15) is 9.59 Å². The molecule has 1 atom stereocenters. The fourth-order valence-corrected chi connectivity index (χ4v) is 2.57. The Labute approximate surface area is 168 Å². The Morgan fingerprint density at radius 3 is 2.14 bits per heavy atom. The summed E-state index contributed by atoms with van der Waals surface area (Å²) in [4.78, 5) is 27.8. The van der Waals surface area contributed by atoms with E-state index in [0.29, 0.717) is 22.8 Å². The van der Waals surface area contributed by atoms with Crippen LogP contribution in [0.25, 0.3) is 0 Å². The van der Waals surface area contributed by atoms with Gasteiger partial charge in [0.2, 0.25) is 5.88 Å². The minimum atomic E-state index is -0.559. The Morgan fingerprint density at radius 1 is 0.897 bits per heavy atom. The first-order chi connectivity index (χ1) is 14.0. The van der Waals surface area contributed by atoms with E-state index in [4.69, 9.17) is 4.74 Å². The summed E-state index contributed by atoms with van der Waals surface area (Å²) in [5, 5.41) is 5.31. The quantitative estimate of drug-likeness (QED) is 0.638. The summed E-state index contributed by atoms with van der Waals surface area (Å²) in [5.41, 5.74) is 2.59. The zero-order chi connectivity index (χ0) is 20.6. The van der Waals surface area contributed by atoms with Gasteiger partial charge >= 0.3 is 6.09 Å². The maximum atomic E-state index is 12.4. The molecule has 2 amide bonds. The smallest absolute Gasteiger partial charge is 0.411 e. The van der Waals surface area contributed by atoms with E-state index in [1.54, 1.807) is 36.4 Å². The normalized spacial score (nSPS) is 11.2. The van der Waals surface area contributed by atoms with Gasteiger partial charge in [-0.05, 0) is 42.8 Å². The van der Waals surface area contributed by atoms with Crippen LogP contribution in [0.2, 0.25) is 0 Å². The van der Waals surface area contributed by atoms with Crippen LogP contribution in [-0.4, -0.2) is 24.1 Å². The molecule has 148 valence electrons. The van der Waals surface area contributed by atoms with Gasteiger partial charge in [-0.25, -0.2) is 9.78 Å². The average Bonchev–Trinajstić information content (AvgIpc) is 2.76. The van der Waals surface area contributed by atoms with Gasteiger partial charge in [0.15, 0.2) is 0 Å². The van der Waals surface area contributed by atoms with Crippen molar-refractivity contribution < 1.29 is 19.1 Å². The predicted molar refractivity (Wildman–Crippen MR) is 110 cm³/mol. The van der Waals surface area contributed by atoms with E-state index < -0.39 is 6.09 Å². The number of ether oxygens (including phenoxy) is 2. The molecule has 0 aliphatic rings. The highest BCUT2D eigenvalue weighted by Crippen LogP contribution is 2.20. The van der Waals surface area contributed by atoms with Gasteiger partial charge < -0.3 is 14.8 Å². The minimum absolute atomic E-state index is 0.152. The Kier molecular flexibility index (Phi) is 6.42. The number of anilines is 2. The van der Waals surface area contributed by atoms with Crippen molar-refractivity contribution in [2.24, 2.45) is 0 Å². The first kappa shape index (κ1) is 19.9. The number of rotatable bonds is 6. The van der Waals surface area contributed by atoms with Crippen LogP contribution in [0.15, 0.2) is 72.9 Å². The van der Waals surface area contributed by atoms with Crippen molar-refractivity contribution in [2.75, 3.05) is 17.7 Å². The molecule has 0 saturated heterocycles. The number of carbonyl (C=O) groups is 2. The molecule has 1 unspecified atom stereocenters. The van der Waals surface area contributed by atoms with Crippen LogP contribution in [0.5, 0.6) is 5.88 Å². The van der Waals surface area contributed by atoms with Crippen molar-refractivity contribution in [3.63, 3.8) is 0 Å².